The van der Waals surface area contributed by atoms with Gasteiger partial charge in [0.25, 0.3) is 11.8 Å². The van der Waals surface area contributed by atoms with Crippen LogP contribution in [0.5, 0.6) is 5.75 Å². The van der Waals surface area contributed by atoms with Gasteiger partial charge in [0.05, 0.1) is 16.3 Å². The summed E-state index contributed by atoms with van der Waals surface area (Å²) in [6, 6.07) is 12.5. The van der Waals surface area contributed by atoms with Gasteiger partial charge < -0.3 is 20.3 Å². The van der Waals surface area contributed by atoms with E-state index < -0.39 is 24.1 Å². The maximum atomic E-state index is 13.6. The summed E-state index contributed by atoms with van der Waals surface area (Å²) in [5.41, 5.74) is 1.61. The van der Waals surface area contributed by atoms with E-state index in [-0.39, 0.29) is 41.2 Å². The van der Waals surface area contributed by atoms with E-state index in [1.807, 2.05) is 0 Å². The molecule has 1 aliphatic heterocycles. The maximum Gasteiger partial charge on any atom is 0.573 e. The number of pyridine rings is 2. The fraction of sp³-hybridized carbons (Fsp3) is 0.148. The second-order valence-electron chi connectivity index (χ2n) is 8.82. The van der Waals surface area contributed by atoms with Crippen molar-refractivity contribution in [2.24, 2.45) is 0 Å². The summed E-state index contributed by atoms with van der Waals surface area (Å²) in [7, 11) is 0. The Balaban J connectivity index is 1.37. The topological polar surface area (TPSA) is 114 Å². The molecule has 0 fully saturated rings. The van der Waals surface area contributed by atoms with Crippen LogP contribution in [0.1, 0.15) is 31.3 Å². The minimum atomic E-state index is -4.90. The largest absolute Gasteiger partial charge is 0.573 e. The van der Waals surface area contributed by atoms with Gasteiger partial charge >= 0.3 is 6.36 Å². The number of amides is 3. The Labute approximate surface area is 239 Å². The third kappa shape index (κ3) is 6.64. The van der Waals surface area contributed by atoms with Gasteiger partial charge in [0.2, 0.25) is 5.91 Å². The number of carbonyl (C=O) groups is 3. The van der Waals surface area contributed by atoms with Crippen LogP contribution in [0.2, 0.25) is 5.02 Å². The summed E-state index contributed by atoms with van der Waals surface area (Å²) in [4.78, 5) is 49.6. The molecule has 0 aliphatic carbocycles. The molecule has 0 radical (unpaired) electrons. The highest BCUT2D eigenvalue weighted by Gasteiger charge is 2.36. The van der Waals surface area contributed by atoms with Gasteiger partial charge in [-0.3, -0.25) is 19.4 Å². The highest BCUT2D eigenvalue weighted by Crippen LogP contribution is 2.31. The number of ether oxygens (including phenoxy) is 1. The standard InChI is InChI=1S/C27H19ClF3N5O4S/c28-19-11-15(4-5-18(19)24(37)35-22-13-17(6-9-33-22)40-27(29,30)31)14-36-21(12-16-3-1-2-8-32-16)25(38)34-20-7-10-41-23(20)26(36)39/h1-11,13,21H,12,14H2,(H,34,38)(H,33,35,37). The number of aromatic nitrogens is 2. The van der Waals surface area contributed by atoms with Gasteiger partial charge in [-0.05, 0) is 47.3 Å². The summed E-state index contributed by atoms with van der Waals surface area (Å²) in [6.07, 6.45) is -2.08. The first-order valence-electron chi connectivity index (χ1n) is 12.0. The molecule has 1 unspecified atom stereocenters. The SMILES string of the molecule is O=C(Nc1cc(OC(F)(F)F)ccn1)c1ccc(CN2C(=O)c3sccc3NC(=O)C2Cc2ccccn2)cc1Cl. The predicted octanol–water partition coefficient (Wildman–Crippen LogP) is 5.55. The van der Waals surface area contributed by atoms with Gasteiger partial charge in [-0.25, -0.2) is 4.98 Å². The number of hydrogen-bond donors (Lipinski definition) is 2. The molecule has 210 valence electrons. The first-order chi connectivity index (χ1) is 19.6. The fourth-order valence-corrected chi connectivity index (χ4v) is 5.30. The number of fused-ring (bicyclic) bond motifs is 1. The number of nitrogens with one attached hydrogen (secondary N) is 2. The molecule has 1 aliphatic rings. The van der Waals surface area contributed by atoms with Crippen molar-refractivity contribution in [1.29, 1.82) is 0 Å². The lowest BCUT2D eigenvalue weighted by Crippen LogP contribution is -2.46. The molecule has 4 aromatic rings. The molecule has 0 spiro atoms. The van der Waals surface area contributed by atoms with Crippen LogP contribution in [0.25, 0.3) is 0 Å². The first-order valence-corrected chi connectivity index (χ1v) is 13.2. The van der Waals surface area contributed by atoms with Crippen molar-refractivity contribution in [3.63, 3.8) is 0 Å². The van der Waals surface area contributed by atoms with Gasteiger partial charge in [0, 0.05) is 37.1 Å². The maximum absolute atomic E-state index is 13.6. The van der Waals surface area contributed by atoms with Crippen LogP contribution in [0.3, 0.4) is 0 Å². The molecule has 4 heterocycles. The highest BCUT2D eigenvalue weighted by molar-refractivity contribution is 7.12. The molecule has 5 rings (SSSR count). The monoisotopic (exact) mass is 601 g/mol. The third-order valence-corrected chi connectivity index (χ3v) is 7.24. The molecule has 3 aromatic heterocycles. The molecule has 41 heavy (non-hydrogen) atoms. The Morgan fingerprint density at radius 1 is 1.10 bits per heavy atom. The molecular weight excluding hydrogens is 583 g/mol. The average molecular weight is 602 g/mol. The molecule has 0 saturated carbocycles. The van der Waals surface area contributed by atoms with Crippen LogP contribution in [0.15, 0.2) is 72.4 Å². The molecule has 9 nitrogen and oxygen atoms in total. The number of benzene rings is 1. The van der Waals surface area contributed by atoms with Gasteiger partial charge in [-0.2, -0.15) is 0 Å². The van der Waals surface area contributed by atoms with Crippen molar-refractivity contribution < 1.29 is 32.3 Å². The predicted molar refractivity (Wildman–Crippen MR) is 145 cm³/mol. The van der Waals surface area contributed by atoms with E-state index in [4.69, 9.17) is 11.6 Å². The second-order valence-corrected chi connectivity index (χ2v) is 10.1. The summed E-state index contributed by atoms with van der Waals surface area (Å²) < 4.78 is 41.4. The Morgan fingerprint density at radius 3 is 2.66 bits per heavy atom. The lowest BCUT2D eigenvalue weighted by Gasteiger charge is -2.28. The van der Waals surface area contributed by atoms with Gasteiger partial charge in [0.1, 0.15) is 22.5 Å². The van der Waals surface area contributed by atoms with Crippen LogP contribution in [0, 0.1) is 0 Å². The number of alkyl halides is 3. The smallest absolute Gasteiger partial charge is 0.406 e. The molecular formula is C27H19ClF3N5O4S. The summed E-state index contributed by atoms with van der Waals surface area (Å²) in [6.45, 7) is 0.00109. The molecule has 0 saturated heterocycles. The zero-order valence-electron chi connectivity index (χ0n) is 20.8. The Morgan fingerprint density at radius 2 is 1.93 bits per heavy atom. The summed E-state index contributed by atoms with van der Waals surface area (Å²) >= 11 is 7.62. The number of thiophene rings is 1. The summed E-state index contributed by atoms with van der Waals surface area (Å²) in [5, 5.41) is 6.94. The minimum Gasteiger partial charge on any atom is -0.406 e. The van der Waals surface area contributed by atoms with Gasteiger partial charge in [-0.1, -0.05) is 23.7 Å². The number of hydrogen-bond acceptors (Lipinski definition) is 7. The number of anilines is 2. The van der Waals surface area contributed by atoms with E-state index >= 15 is 0 Å². The van der Waals surface area contributed by atoms with E-state index in [1.54, 1.807) is 41.9 Å². The van der Waals surface area contributed by atoms with Crippen molar-refractivity contribution in [2.45, 2.75) is 25.4 Å². The van der Waals surface area contributed by atoms with E-state index in [0.29, 0.717) is 21.8 Å². The molecule has 1 atom stereocenters. The Hall–Kier alpha value is -4.49. The molecule has 3 amide bonds. The van der Waals surface area contributed by atoms with Crippen molar-refractivity contribution in [3.8, 4) is 5.75 Å². The summed E-state index contributed by atoms with van der Waals surface area (Å²) in [5.74, 6) is -2.17. The normalized spacial score (nSPS) is 15.1. The van der Waals surface area contributed by atoms with E-state index in [9.17, 15) is 27.6 Å². The zero-order valence-corrected chi connectivity index (χ0v) is 22.4. The lowest BCUT2D eigenvalue weighted by atomic mass is 10.1. The van der Waals surface area contributed by atoms with Crippen LogP contribution in [-0.4, -0.2) is 45.0 Å². The second kappa shape index (κ2) is 11.6. The quantitative estimate of drug-likeness (QED) is 0.287. The fourth-order valence-electron chi connectivity index (χ4n) is 4.20. The lowest BCUT2D eigenvalue weighted by molar-refractivity contribution is -0.274. The molecule has 2 N–H and O–H groups in total. The van der Waals surface area contributed by atoms with Crippen molar-refractivity contribution in [3.05, 3.63) is 99.1 Å². The number of rotatable bonds is 7. The Bertz CT molecular complexity index is 1620. The van der Waals surface area contributed by atoms with E-state index in [0.717, 1.165) is 18.3 Å². The third-order valence-electron chi connectivity index (χ3n) is 6.02. The number of nitrogens with zero attached hydrogens (tertiary/aromatic N) is 3. The Kier molecular flexibility index (Phi) is 7.90. The highest BCUT2D eigenvalue weighted by atomic mass is 35.5. The van der Waals surface area contributed by atoms with Crippen molar-refractivity contribution in [1.82, 2.24) is 14.9 Å². The molecule has 14 heteroatoms. The zero-order chi connectivity index (χ0) is 29.1. The molecule has 1 aromatic carbocycles. The van der Waals surface area contributed by atoms with Crippen LogP contribution in [0.4, 0.5) is 24.7 Å². The van der Waals surface area contributed by atoms with E-state index in [1.165, 1.54) is 28.4 Å². The molecule has 0 bridgehead atoms. The van der Waals surface area contributed by atoms with Crippen molar-refractivity contribution >= 4 is 52.2 Å². The van der Waals surface area contributed by atoms with E-state index in [2.05, 4.69) is 25.3 Å². The van der Waals surface area contributed by atoms with Crippen LogP contribution < -0.4 is 15.4 Å². The number of halogens is 4. The van der Waals surface area contributed by atoms with Gasteiger partial charge in [0.15, 0.2) is 0 Å². The van der Waals surface area contributed by atoms with Crippen molar-refractivity contribution in [2.75, 3.05) is 10.6 Å². The first kappa shape index (κ1) is 28.1. The number of carbonyl (C=O) groups excluding carboxylic acids is 3. The minimum absolute atomic E-state index is 0.00109. The van der Waals surface area contributed by atoms with Crippen LogP contribution in [-0.2, 0) is 17.8 Å². The van der Waals surface area contributed by atoms with Crippen LogP contribution >= 0.6 is 22.9 Å². The van der Waals surface area contributed by atoms with Gasteiger partial charge in [-0.15, -0.1) is 24.5 Å². The average Bonchev–Trinajstić information content (AvgIpc) is 3.35.